The zero-order valence-corrected chi connectivity index (χ0v) is 12.2. The molecule has 1 fully saturated rings. The van der Waals surface area contributed by atoms with Crippen molar-refractivity contribution in [3.8, 4) is 0 Å². The Morgan fingerprint density at radius 3 is 2.50 bits per heavy atom. The molecular weight excluding hydrogens is 222 g/mol. The number of aromatic nitrogens is 1. The van der Waals surface area contributed by atoms with E-state index in [4.69, 9.17) is 0 Å². The molecule has 0 aromatic carbocycles. The Bertz CT molecular complexity index is 401. The Labute approximate surface area is 111 Å². The molecule has 1 aliphatic rings. The second-order valence-corrected chi connectivity index (χ2v) is 6.80. The molecule has 0 spiro atoms. The number of nitrogens with one attached hydrogen (secondary N) is 1. The Morgan fingerprint density at radius 2 is 2.00 bits per heavy atom. The number of piperazine rings is 1. The number of hydrogen-bond donors (Lipinski definition) is 1. The number of hydrogen-bond acceptors (Lipinski definition) is 3. The van der Waals surface area contributed by atoms with Gasteiger partial charge in [0, 0.05) is 31.4 Å². The average molecular weight is 247 g/mol. The number of nitrogens with zero attached hydrogens (tertiary/aromatic N) is 2. The first-order valence-corrected chi connectivity index (χ1v) is 6.76. The van der Waals surface area contributed by atoms with Gasteiger partial charge in [-0.2, -0.15) is 0 Å². The van der Waals surface area contributed by atoms with Crippen molar-refractivity contribution in [2.45, 2.75) is 45.6 Å². The van der Waals surface area contributed by atoms with Crippen LogP contribution in [-0.2, 0) is 5.41 Å². The maximum absolute atomic E-state index is 4.66. The first-order chi connectivity index (χ1) is 8.31. The molecule has 0 saturated carbocycles. The quantitative estimate of drug-likeness (QED) is 0.826. The van der Waals surface area contributed by atoms with E-state index in [-0.39, 0.29) is 11.0 Å². The topological polar surface area (TPSA) is 28.2 Å². The molecule has 0 bridgehead atoms. The summed E-state index contributed by atoms with van der Waals surface area (Å²) in [4.78, 5) is 7.06. The van der Waals surface area contributed by atoms with Gasteiger partial charge in [0.25, 0.3) is 0 Å². The Hall–Kier alpha value is -1.09. The first kappa shape index (κ1) is 13.3. The fourth-order valence-electron chi connectivity index (χ4n) is 2.40. The fraction of sp³-hybridized carbons (Fsp3) is 0.667. The summed E-state index contributed by atoms with van der Waals surface area (Å²) in [7, 11) is 0. The smallest absolute Gasteiger partial charge is 0.129 e. The van der Waals surface area contributed by atoms with E-state index < -0.39 is 0 Å². The maximum Gasteiger partial charge on any atom is 0.129 e. The number of anilines is 1. The lowest BCUT2D eigenvalue weighted by atomic mass is 9.88. The lowest BCUT2D eigenvalue weighted by molar-refractivity contribution is 0.377. The molecule has 0 atom stereocenters. The van der Waals surface area contributed by atoms with Crippen LogP contribution in [0.25, 0.3) is 0 Å². The Balaban J connectivity index is 2.24. The van der Waals surface area contributed by atoms with Crippen molar-refractivity contribution in [1.29, 1.82) is 0 Å². The van der Waals surface area contributed by atoms with E-state index in [0.29, 0.717) is 0 Å². The summed E-state index contributed by atoms with van der Waals surface area (Å²) < 4.78 is 0. The summed E-state index contributed by atoms with van der Waals surface area (Å²) in [6, 6.07) is 4.37. The average Bonchev–Trinajstić information content (AvgIpc) is 2.27. The lowest BCUT2D eigenvalue weighted by Gasteiger charge is -2.43. The third kappa shape index (κ3) is 2.66. The molecule has 0 amide bonds. The van der Waals surface area contributed by atoms with Gasteiger partial charge in [0.15, 0.2) is 0 Å². The molecular formula is C15H25N3. The highest BCUT2D eigenvalue weighted by atomic mass is 15.3. The van der Waals surface area contributed by atoms with Crippen molar-refractivity contribution < 1.29 is 0 Å². The van der Waals surface area contributed by atoms with Crippen LogP contribution in [-0.4, -0.2) is 30.2 Å². The minimum atomic E-state index is 0.133. The molecule has 1 aromatic heterocycles. The van der Waals surface area contributed by atoms with Crippen LogP contribution in [0.1, 0.15) is 40.2 Å². The van der Waals surface area contributed by atoms with Gasteiger partial charge in [-0.05, 0) is 30.9 Å². The van der Waals surface area contributed by atoms with E-state index in [1.165, 1.54) is 5.56 Å². The van der Waals surface area contributed by atoms with Gasteiger partial charge in [-0.25, -0.2) is 4.98 Å². The molecule has 3 heteroatoms. The Kier molecular flexibility index (Phi) is 3.37. The van der Waals surface area contributed by atoms with Crippen LogP contribution in [0.2, 0.25) is 0 Å². The van der Waals surface area contributed by atoms with Gasteiger partial charge in [0.2, 0.25) is 0 Å². The van der Waals surface area contributed by atoms with E-state index in [1.807, 2.05) is 6.20 Å². The van der Waals surface area contributed by atoms with Crippen LogP contribution >= 0.6 is 0 Å². The molecule has 100 valence electrons. The van der Waals surface area contributed by atoms with Gasteiger partial charge < -0.3 is 10.2 Å². The zero-order chi connectivity index (χ0) is 13.4. The molecule has 18 heavy (non-hydrogen) atoms. The van der Waals surface area contributed by atoms with Crippen LogP contribution in [0.3, 0.4) is 0 Å². The summed E-state index contributed by atoms with van der Waals surface area (Å²) in [6.45, 7) is 14.3. The second-order valence-electron chi connectivity index (χ2n) is 6.80. The maximum atomic E-state index is 4.66. The van der Waals surface area contributed by atoms with Crippen LogP contribution in [0, 0.1) is 0 Å². The monoisotopic (exact) mass is 247 g/mol. The van der Waals surface area contributed by atoms with E-state index in [0.717, 1.165) is 25.5 Å². The van der Waals surface area contributed by atoms with Crippen molar-refractivity contribution in [3.05, 3.63) is 23.9 Å². The summed E-state index contributed by atoms with van der Waals surface area (Å²) in [6.07, 6.45) is 2.02. The van der Waals surface area contributed by atoms with E-state index >= 15 is 0 Å². The van der Waals surface area contributed by atoms with Crippen molar-refractivity contribution in [3.63, 3.8) is 0 Å². The summed E-state index contributed by atoms with van der Waals surface area (Å²) in [5.74, 6) is 1.09. The van der Waals surface area contributed by atoms with E-state index in [9.17, 15) is 0 Å². The lowest BCUT2D eigenvalue weighted by Crippen LogP contribution is -2.58. The van der Waals surface area contributed by atoms with Gasteiger partial charge in [0.1, 0.15) is 5.82 Å². The molecule has 1 N–H and O–H groups in total. The molecule has 3 nitrogen and oxygen atoms in total. The molecule has 0 unspecified atom stereocenters. The molecule has 0 radical (unpaired) electrons. The van der Waals surface area contributed by atoms with Crippen molar-refractivity contribution >= 4 is 5.82 Å². The van der Waals surface area contributed by atoms with E-state index in [1.54, 1.807) is 0 Å². The van der Waals surface area contributed by atoms with Gasteiger partial charge in [-0.3, -0.25) is 0 Å². The first-order valence-electron chi connectivity index (χ1n) is 6.76. The van der Waals surface area contributed by atoms with Crippen molar-refractivity contribution in [2.75, 3.05) is 24.5 Å². The van der Waals surface area contributed by atoms with Crippen LogP contribution < -0.4 is 10.2 Å². The second kappa shape index (κ2) is 4.54. The minimum absolute atomic E-state index is 0.133. The molecule has 1 aliphatic heterocycles. The third-order valence-electron chi connectivity index (χ3n) is 3.69. The largest absolute Gasteiger partial charge is 0.349 e. The van der Waals surface area contributed by atoms with Gasteiger partial charge >= 0.3 is 0 Å². The van der Waals surface area contributed by atoms with Crippen molar-refractivity contribution in [1.82, 2.24) is 10.3 Å². The van der Waals surface area contributed by atoms with Gasteiger partial charge in [-0.1, -0.05) is 26.8 Å². The molecule has 1 saturated heterocycles. The predicted molar refractivity (Wildman–Crippen MR) is 77.2 cm³/mol. The number of rotatable bonds is 1. The van der Waals surface area contributed by atoms with Gasteiger partial charge in [0.05, 0.1) is 0 Å². The molecule has 2 heterocycles. The summed E-state index contributed by atoms with van der Waals surface area (Å²) in [5, 5.41) is 3.44. The van der Waals surface area contributed by atoms with Crippen LogP contribution in [0.5, 0.6) is 0 Å². The Morgan fingerprint density at radius 1 is 1.28 bits per heavy atom. The highest BCUT2D eigenvalue weighted by Gasteiger charge is 2.30. The van der Waals surface area contributed by atoms with Crippen LogP contribution in [0.4, 0.5) is 5.82 Å². The molecule has 0 aliphatic carbocycles. The highest BCUT2D eigenvalue weighted by molar-refractivity contribution is 5.44. The SMILES string of the molecule is CC(C)(C)c1ccc(N2CCNCC2(C)C)nc1. The molecule has 2 rings (SSSR count). The fourth-order valence-corrected chi connectivity index (χ4v) is 2.40. The molecule has 1 aromatic rings. The van der Waals surface area contributed by atoms with Crippen LogP contribution in [0.15, 0.2) is 18.3 Å². The third-order valence-corrected chi connectivity index (χ3v) is 3.69. The minimum Gasteiger partial charge on any atom is -0.349 e. The highest BCUT2D eigenvalue weighted by Crippen LogP contribution is 2.26. The summed E-state index contributed by atoms with van der Waals surface area (Å²) in [5.41, 5.74) is 1.60. The number of pyridine rings is 1. The van der Waals surface area contributed by atoms with E-state index in [2.05, 4.69) is 62.0 Å². The standard InChI is InChI=1S/C15H25N3/c1-14(2,3)12-6-7-13(17-10-12)18-9-8-16-11-15(18,4)5/h6-7,10,16H,8-9,11H2,1-5H3. The summed E-state index contributed by atoms with van der Waals surface area (Å²) >= 11 is 0. The normalized spacial score (nSPS) is 19.9. The van der Waals surface area contributed by atoms with Gasteiger partial charge in [-0.15, -0.1) is 0 Å². The zero-order valence-electron chi connectivity index (χ0n) is 12.2. The predicted octanol–water partition coefficient (Wildman–Crippen LogP) is 2.57. The van der Waals surface area contributed by atoms with Crippen molar-refractivity contribution in [2.24, 2.45) is 0 Å².